The molecule has 4 fully saturated rings. The van der Waals surface area contributed by atoms with Gasteiger partial charge in [0.25, 0.3) is 10.1 Å². The molecule has 198 valence electrons. The van der Waals surface area contributed by atoms with Crippen LogP contribution in [0.3, 0.4) is 0 Å². The fourth-order valence-corrected chi connectivity index (χ4v) is 9.37. The lowest BCUT2D eigenvalue weighted by Crippen LogP contribution is -2.57. The van der Waals surface area contributed by atoms with Crippen molar-refractivity contribution in [2.24, 2.45) is 52.3 Å². The van der Waals surface area contributed by atoms with Crippen molar-refractivity contribution >= 4 is 27.6 Å². The fraction of sp³-hybridized carbons (Fsp3) is 0.889. The molecule has 0 spiro atoms. The molecule has 7 nitrogen and oxygen atoms in total. The second-order valence-electron chi connectivity index (χ2n) is 12.8. The molecule has 4 rings (SSSR count). The summed E-state index contributed by atoms with van der Waals surface area (Å²) in [5.74, 6) is 1.68. The Morgan fingerprint density at radius 2 is 1.74 bits per heavy atom. The van der Waals surface area contributed by atoms with Crippen molar-refractivity contribution < 1.29 is 27.4 Å². The highest BCUT2D eigenvalue weighted by Crippen LogP contribution is 2.67. The predicted molar refractivity (Wildman–Crippen MR) is 133 cm³/mol. The fourth-order valence-electron chi connectivity index (χ4n) is 9.01. The monoisotopic (exact) mass is 509 g/mol. The Labute approximate surface area is 210 Å². The molecule has 0 aromatic rings. The summed E-state index contributed by atoms with van der Waals surface area (Å²) in [6, 6.07) is 0. The van der Waals surface area contributed by atoms with E-state index >= 15 is 0 Å². The van der Waals surface area contributed by atoms with E-state index in [9.17, 15) is 22.8 Å². The number of amides is 1. The first-order valence-corrected chi connectivity index (χ1v) is 15.1. The minimum atomic E-state index is -4.09. The minimum absolute atomic E-state index is 0.0872. The SMILES string of the molecule is CC(C[C@@H](C)[C@H]1CCC2C3C(=O)CC4CC(=O)CC[C@]4(C)C3CC[C@@]21C)C(=O)NCCS(=O)(=O)O. The summed E-state index contributed by atoms with van der Waals surface area (Å²) >= 11 is 0. The molecule has 0 aromatic heterocycles. The third-order valence-corrected chi connectivity index (χ3v) is 11.6. The van der Waals surface area contributed by atoms with Gasteiger partial charge in [-0.3, -0.25) is 18.9 Å². The number of hydrogen-bond acceptors (Lipinski definition) is 5. The van der Waals surface area contributed by atoms with Gasteiger partial charge in [0.15, 0.2) is 0 Å². The first-order valence-electron chi connectivity index (χ1n) is 13.5. The number of nitrogens with one attached hydrogen (secondary N) is 1. The van der Waals surface area contributed by atoms with E-state index in [0.717, 1.165) is 32.1 Å². The molecule has 8 heteroatoms. The number of Topliss-reactive ketones (excluding diaryl/α,β-unsaturated/α-hetero) is 2. The number of carbonyl (C=O) groups excluding carboxylic acids is 3. The van der Waals surface area contributed by atoms with Gasteiger partial charge in [0.2, 0.25) is 5.91 Å². The van der Waals surface area contributed by atoms with Crippen molar-refractivity contribution in [3.05, 3.63) is 0 Å². The van der Waals surface area contributed by atoms with Crippen LogP contribution in [-0.4, -0.2) is 42.7 Å². The zero-order chi connectivity index (χ0) is 25.8. The van der Waals surface area contributed by atoms with Crippen LogP contribution in [-0.2, 0) is 24.5 Å². The van der Waals surface area contributed by atoms with Crippen LogP contribution >= 0.6 is 0 Å². The molecule has 5 unspecified atom stereocenters. The van der Waals surface area contributed by atoms with E-state index < -0.39 is 15.9 Å². The van der Waals surface area contributed by atoms with Gasteiger partial charge in [-0.2, -0.15) is 8.42 Å². The van der Waals surface area contributed by atoms with Crippen molar-refractivity contribution in [3.8, 4) is 0 Å². The summed E-state index contributed by atoms with van der Waals surface area (Å²) in [5.41, 5.74) is 0.192. The van der Waals surface area contributed by atoms with Crippen molar-refractivity contribution in [1.29, 1.82) is 0 Å². The number of rotatable bonds is 7. The average molecular weight is 510 g/mol. The van der Waals surface area contributed by atoms with E-state index in [0.29, 0.717) is 60.9 Å². The lowest BCUT2D eigenvalue weighted by Gasteiger charge is -2.59. The molecule has 0 radical (unpaired) electrons. The molecular weight excluding hydrogens is 466 g/mol. The third kappa shape index (κ3) is 4.98. The average Bonchev–Trinajstić information content (AvgIpc) is 3.11. The third-order valence-electron chi connectivity index (χ3n) is 10.9. The van der Waals surface area contributed by atoms with Gasteiger partial charge in [0.05, 0.1) is 5.75 Å². The predicted octanol–water partition coefficient (Wildman–Crippen LogP) is 4.06. The van der Waals surface area contributed by atoms with Crippen LogP contribution in [0.4, 0.5) is 0 Å². The van der Waals surface area contributed by atoms with Gasteiger partial charge >= 0.3 is 0 Å². The van der Waals surface area contributed by atoms with E-state index in [4.69, 9.17) is 4.55 Å². The van der Waals surface area contributed by atoms with Crippen molar-refractivity contribution in [2.75, 3.05) is 12.3 Å². The Bertz CT molecular complexity index is 978. The number of carbonyl (C=O) groups is 3. The number of fused-ring (bicyclic) bond motifs is 5. The molecule has 0 aromatic carbocycles. The highest BCUT2D eigenvalue weighted by atomic mass is 32.2. The lowest BCUT2D eigenvalue weighted by molar-refractivity contribution is -0.159. The van der Waals surface area contributed by atoms with E-state index in [1.54, 1.807) is 0 Å². The first-order chi connectivity index (χ1) is 16.3. The summed E-state index contributed by atoms with van der Waals surface area (Å²) in [6.45, 7) is 8.75. The highest BCUT2D eigenvalue weighted by Gasteiger charge is 2.63. The largest absolute Gasteiger partial charge is 0.355 e. The smallest absolute Gasteiger partial charge is 0.266 e. The quantitative estimate of drug-likeness (QED) is 0.500. The second-order valence-corrected chi connectivity index (χ2v) is 14.3. The molecule has 0 saturated heterocycles. The van der Waals surface area contributed by atoms with Crippen LogP contribution in [0.5, 0.6) is 0 Å². The Morgan fingerprint density at radius 1 is 1.06 bits per heavy atom. The van der Waals surface area contributed by atoms with Gasteiger partial charge in [-0.05, 0) is 78.9 Å². The molecule has 0 aliphatic heterocycles. The molecule has 2 N–H and O–H groups in total. The van der Waals surface area contributed by atoms with E-state index in [2.05, 4.69) is 26.1 Å². The van der Waals surface area contributed by atoms with Crippen LogP contribution in [0, 0.1) is 52.3 Å². The Kier molecular flexibility index (Phi) is 7.30. The summed E-state index contributed by atoms with van der Waals surface area (Å²) < 4.78 is 30.7. The van der Waals surface area contributed by atoms with Gasteiger partial charge in [0.1, 0.15) is 11.6 Å². The van der Waals surface area contributed by atoms with Gasteiger partial charge < -0.3 is 5.32 Å². The van der Waals surface area contributed by atoms with Gasteiger partial charge in [-0.1, -0.05) is 27.7 Å². The minimum Gasteiger partial charge on any atom is -0.355 e. The van der Waals surface area contributed by atoms with Gasteiger partial charge in [0, 0.05) is 37.6 Å². The van der Waals surface area contributed by atoms with Crippen molar-refractivity contribution in [2.45, 2.75) is 85.5 Å². The zero-order valence-corrected chi connectivity index (χ0v) is 22.5. The zero-order valence-electron chi connectivity index (χ0n) is 21.7. The second kappa shape index (κ2) is 9.55. The molecule has 1 amide bonds. The Balaban J connectivity index is 1.43. The maximum Gasteiger partial charge on any atom is 0.266 e. The number of ketones is 2. The van der Waals surface area contributed by atoms with E-state index in [1.165, 1.54) is 0 Å². The highest BCUT2D eigenvalue weighted by molar-refractivity contribution is 7.85. The molecule has 35 heavy (non-hydrogen) atoms. The van der Waals surface area contributed by atoms with Crippen molar-refractivity contribution in [1.82, 2.24) is 5.32 Å². The van der Waals surface area contributed by atoms with Gasteiger partial charge in [-0.25, -0.2) is 0 Å². The maximum absolute atomic E-state index is 13.5. The van der Waals surface area contributed by atoms with Crippen LogP contribution in [0.1, 0.15) is 85.5 Å². The van der Waals surface area contributed by atoms with Crippen LogP contribution < -0.4 is 5.32 Å². The maximum atomic E-state index is 13.5. The molecule has 0 heterocycles. The summed E-state index contributed by atoms with van der Waals surface area (Å²) in [6.07, 6.45) is 7.75. The lowest BCUT2D eigenvalue weighted by atomic mass is 9.44. The molecule has 4 aliphatic carbocycles. The summed E-state index contributed by atoms with van der Waals surface area (Å²) in [5, 5.41) is 2.63. The molecular formula is C27H43NO6S. The Morgan fingerprint density at radius 3 is 2.43 bits per heavy atom. The van der Waals surface area contributed by atoms with E-state index in [1.807, 2.05) is 6.92 Å². The Hall–Kier alpha value is -1.28. The normalized spacial score (nSPS) is 40.9. The first kappa shape index (κ1) is 26.8. The van der Waals surface area contributed by atoms with Crippen LogP contribution in [0.2, 0.25) is 0 Å². The molecule has 4 aliphatic rings. The molecule has 4 saturated carbocycles. The molecule has 9 atom stereocenters. The summed E-state index contributed by atoms with van der Waals surface area (Å²) in [7, 11) is -4.09. The molecule has 0 bridgehead atoms. The number of hydrogen-bond donors (Lipinski definition) is 2. The van der Waals surface area contributed by atoms with E-state index in [-0.39, 0.29) is 41.0 Å². The van der Waals surface area contributed by atoms with Crippen LogP contribution in [0.15, 0.2) is 0 Å². The topological polar surface area (TPSA) is 118 Å². The van der Waals surface area contributed by atoms with Crippen molar-refractivity contribution in [3.63, 3.8) is 0 Å². The van der Waals surface area contributed by atoms with Gasteiger partial charge in [-0.15, -0.1) is 0 Å². The standard InChI is InChI=1S/C27H43NO6S/c1-16(13-17(2)25(31)28-11-12-35(32,33)34)20-5-6-21-24-22(8-10-27(20,21)4)26(3)9-7-19(29)14-18(26)15-23(24)30/h16-18,20-22,24H,5-15H2,1-4H3,(H,28,31)(H,32,33,34)/t16-,17?,18?,20-,21?,22?,24?,26+,27-/m1/s1. The summed E-state index contributed by atoms with van der Waals surface area (Å²) in [4.78, 5) is 38.2. The van der Waals surface area contributed by atoms with Crippen LogP contribution in [0.25, 0.3) is 0 Å².